The molecule has 98 valence electrons. The molecule has 0 radical (unpaired) electrons. The molecule has 0 fully saturated rings. The van der Waals surface area contributed by atoms with Crippen molar-refractivity contribution in [3.8, 4) is 0 Å². The summed E-state index contributed by atoms with van der Waals surface area (Å²) >= 11 is 0. The maximum atomic E-state index is 11.0. The Balaban J connectivity index is 2.47. The van der Waals surface area contributed by atoms with Crippen LogP contribution in [-0.4, -0.2) is 16.8 Å². The molecule has 3 N–H and O–H groups in total. The molecule has 7 heteroatoms. The Kier molecular flexibility index (Phi) is 3.31. The highest BCUT2D eigenvalue weighted by Crippen LogP contribution is 2.31. The molecule has 0 saturated carbocycles. The second kappa shape index (κ2) is 4.91. The number of hydrogen-bond donors (Lipinski definition) is 2. The van der Waals surface area contributed by atoms with Crippen LogP contribution in [0.25, 0.3) is 0 Å². The van der Waals surface area contributed by atoms with Gasteiger partial charge in [0.15, 0.2) is 0 Å². The predicted octanol–water partition coefficient (Wildman–Crippen LogP) is 0.372. The first kappa shape index (κ1) is 12.8. The summed E-state index contributed by atoms with van der Waals surface area (Å²) in [6, 6.07) is 3.82. The Morgan fingerprint density at radius 1 is 1.58 bits per heavy atom. The minimum atomic E-state index is -0.554. The second-order valence-electron chi connectivity index (χ2n) is 4.26. The normalized spacial score (nSPS) is 17.1. The summed E-state index contributed by atoms with van der Waals surface area (Å²) in [4.78, 5) is 32.0. The highest BCUT2D eigenvalue weighted by molar-refractivity contribution is 5.75. The van der Waals surface area contributed by atoms with Crippen molar-refractivity contribution in [3.05, 3.63) is 45.1 Å². The molecular formula is C12H11N3O4. The Labute approximate surface area is 108 Å². The van der Waals surface area contributed by atoms with Crippen LogP contribution in [0.15, 0.2) is 23.9 Å². The third-order valence-corrected chi connectivity index (χ3v) is 2.96. The molecule has 1 heterocycles. The number of nitrogens with one attached hydrogen (secondary N) is 1. The minimum absolute atomic E-state index is 0.0423. The highest BCUT2D eigenvalue weighted by atomic mass is 16.6. The largest absolute Gasteiger partial charge is 0.372 e. The number of nitro benzene ring substituents is 1. The minimum Gasteiger partial charge on any atom is -0.372 e. The molecule has 1 unspecified atom stereocenters. The molecule has 1 aliphatic heterocycles. The van der Waals surface area contributed by atoms with Crippen LogP contribution < -0.4 is 11.1 Å². The van der Waals surface area contributed by atoms with E-state index in [2.05, 4.69) is 5.32 Å². The second-order valence-corrected chi connectivity index (χ2v) is 4.26. The summed E-state index contributed by atoms with van der Waals surface area (Å²) in [6.45, 7) is 0. The lowest BCUT2D eigenvalue weighted by molar-refractivity contribution is -0.385. The predicted molar refractivity (Wildman–Crippen MR) is 65.7 cm³/mol. The third-order valence-electron chi connectivity index (χ3n) is 2.96. The van der Waals surface area contributed by atoms with Crippen molar-refractivity contribution in [2.45, 2.75) is 18.9 Å². The Hall–Kier alpha value is -2.66. The van der Waals surface area contributed by atoms with Crippen molar-refractivity contribution in [2.24, 2.45) is 5.73 Å². The van der Waals surface area contributed by atoms with Gasteiger partial charge in [-0.2, -0.15) is 0 Å². The van der Waals surface area contributed by atoms with Crippen LogP contribution in [0.1, 0.15) is 23.6 Å². The van der Waals surface area contributed by atoms with E-state index >= 15 is 0 Å². The van der Waals surface area contributed by atoms with E-state index in [-0.39, 0.29) is 12.1 Å². The number of rotatable bonds is 3. The maximum Gasteiger partial charge on any atom is 0.269 e. The van der Waals surface area contributed by atoms with Gasteiger partial charge in [-0.15, -0.1) is 0 Å². The lowest BCUT2D eigenvalue weighted by Crippen LogP contribution is -2.32. The van der Waals surface area contributed by atoms with E-state index in [1.807, 2.05) is 0 Å². The molecule has 2 rings (SSSR count). The molecule has 1 aromatic carbocycles. The molecule has 19 heavy (non-hydrogen) atoms. The molecule has 0 bridgehead atoms. The molecule has 1 aliphatic rings. The Bertz CT molecular complexity index is 605. The zero-order valence-electron chi connectivity index (χ0n) is 9.88. The van der Waals surface area contributed by atoms with Crippen LogP contribution in [0, 0.1) is 10.1 Å². The number of non-ortho nitro benzene ring substituents is 1. The van der Waals surface area contributed by atoms with Crippen molar-refractivity contribution in [3.63, 3.8) is 0 Å². The SMILES string of the molecule is NC(=O)CC1NC(=C=O)Cc2ccc([N+](=O)[O-])cc21. The van der Waals surface area contributed by atoms with E-state index in [9.17, 15) is 19.7 Å². The van der Waals surface area contributed by atoms with Crippen molar-refractivity contribution in [1.29, 1.82) is 0 Å². The molecule has 1 aromatic rings. The number of carbonyl (C=O) groups excluding carboxylic acids is 2. The monoisotopic (exact) mass is 261 g/mol. The maximum absolute atomic E-state index is 11.0. The van der Waals surface area contributed by atoms with E-state index in [1.165, 1.54) is 12.1 Å². The number of amides is 1. The van der Waals surface area contributed by atoms with Gasteiger partial charge in [-0.05, 0) is 11.1 Å². The summed E-state index contributed by atoms with van der Waals surface area (Å²) in [5.41, 5.74) is 6.77. The number of hydrogen-bond acceptors (Lipinski definition) is 5. The number of benzene rings is 1. The van der Waals surface area contributed by atoms with Gasteiger partial charge in [0.1, 0.15) is 11.6 Å². The van der Waals surface area contributed by atoms with Gasteiger partial charge >= 0.3 is 0 Å². The van der Waals surface area contributed by atoms with Gasteiger partial charge in [-0.25, -0.2) is 4.79 Å². The fourth-order valence-electron chi connectivity index (χ4n) is 2.14. The summed E-state index contributed by atoms with van der Waals surface area (Å²) in [6.07, 6.45) is 0.269. The van der Waals surface area contributed by atoms with Gasteiger partial charge in [0, 0.05) is 18.6 Å². The molecule has 1 amide bonds. The molecule has 0 saturated heterocycles. The van der Waals surface area contributed by atoms with Crippen molar-refractivity contribution < 1.29 is 14.5 Å². The fourth-order valence-corrected chi connectivity index (χ4v) is 2.14. The van der Waals surface area contributed by atoms with Crippen molar-refractivity contribution in [2.75, 3.05) is 0 Å². The summed E-state index contributed by atoms with van der Waals surface area (Å²) < 4.78 is 0. The smallest absolute Gasteiger partial charge is 0.269 e. The van der Waals surface area contributed by atoms with Crippen LogP contribution in [0.3, 0.4) is 0 Å². The first-order chi connectivity index (χ1) is 9.01. The highest BCUT2D eigenvalue weighted by Gasteiger charge is 2.26. The van der Waals surface area contributed by atoms with E-state index in [0.29, 0.717) is 17.7 Å². The van der Waals surface area contributed by atoms with Crippen molar-refractivity contribution >= 4 is 17.5 Å². The van der Waals surface area contributed by atoms with Crippen LogP contribution in [-0.2, 0) is 16.0 Å². The van der Waals surface area contributed by atoms with E-state index < -0.39 is 16.9 Å². The summed E-state index contributed by atoms with van der Waals surface area (Å²) in [5.74, 6) is 1.20. The number of nitrogens with two attached hydrogens (primary N) is 1. The van der Waals surface area contributed by atoms with Gasteiger partial charge < -0.3 is 11.1 Å². The molecule has 1 atom stereocenters. The van der Waals surface area contributed by atoms with Gasteiger partial charge in [-0.3, -0.25) is 14.9 Å². The van der Waals surface area contributed by atoms with Gasteiger partial charge in [0.05, 0.1) is 17.4 Å². The lowest BCUT2D eigenvalue weighted by Gasteiger charge is -2.27. The zero-order valence-corrected chi connectivity index (χ0v) is 9.88. The number of fused-ring (bicyclic) bond motifs is 1. The number of nitro groups is 1. The topological polar surface area (TPSA) is 115 Å². The Morgan fingerprint density at radius 3 is 2.89 bits per heavy atom. The third kappa shape index (κ3) is 2.61. The van der Waals surface area contributed by atoms with E-state index in [1.54, 1.807) is 12.0 Å². The standard InChI is InChI=1S/C12H11N3O4/c13-12(17)5-11-10-4-9(15(18)19)2-1-7(10)3-8(6-16)14-11/h1-2,4,11,14H,3,5H2,(H2,13,17). The number of primary amides is 1. The van der Waals surface area contributed by atoms with Gasteiger partial charge in [-0.1, -0.05) is 6.07 Å². The lowest BCUT2D eigenvalue weighted by atomic mass is 9.90. The number of carbonyl (C=O) groups is 1. The molecule has 7 nitrogen and oxygen atoms in total. The first-order valence-electron chi connectivity index (χ1n) is 5.57. The summed E-state index contributed by atoms with van der Waals surface area (Å²) in [7, 11) is 0. The molecule has 0 spiro atoms. The van der Waals surface area contributed by atoms with Crippen LogP contribution in [0.2, 0.25) is 0 Å². The van der Waals surface area contributed by atoms with Crippen LogP contribution >= 0.6 is 0 Å². The average Bonchev–Trinajstić information content (AvgIpc) is 2.37. The molecule has 0 aromatic heterocycles. The van der Waals surface area contributed by atoms with E-state index in [4.69, 9.17) is 5.73 Å². The zero-order chi connectivity index (χ0) is 14.0. The fraction of sp³-hybridized carbons (Fsp3) is 0.250. The molecular weight excluding hydrogens is 250 g/mol. The van der Waals surface area contributed by atoms with Gasteiger partial charge in [0.25, 0.3) is 5.69 Å². The van der Waals surface area contributed by atoms with Crippen molar-refractivity contribution in [1.82, 2.24) is 5.32 Å². The number of allylic oxidation sites excluding steroid dienone is 1. The molecule has 0 aliphatic carbocycles. The average molecular weight is 261 g/mol. The van der Waals surface area contributed by atoms with Crippen LogP contribution in [0.5, 0.6) is 0 Å². The van der Waals surface area contributed by atoms with E-state index in [0.717, 1.165) is 5.56 Å². The quantitative estimate of drug-likeness (QED) is 0.463. The van der Waals surface area contributed by atoms with Gasteiger partial charge in [0.2, 0.25) is 5.91 Å². The number of nitrogens with zero attached hydrogens (tertiary/aromatic N) is 1. The Morgan fingerprint density at radius 2 is 2.32 bits per heavy atom. The first-order valence-corrected chi connectivity index (χ1v) is 5.57. The summed E-state index contributed by atoms with van der Waals surface area (Å²) in [5, 5.41) is 13.6. The van der Waals surface area contributed by atoms with Crippen LogP contribution in [0.4, 0.5) is 5.69 Å².